The van der Waals surface area contributed by atoms with Gasteiger partial charge in [0.1, 0.15) is 11.6 Å². The molecule has 1 aromatic carbocycles. The minimum Gasteiger partial charge on any atom is -0.360 e. The van der Waals surface area contributed by atoms with Crippen LogP contribution in [0.1, 0.15) is 18.4 Å². The number of H-pyrrole nitrogens is 1. The number of allylic oxidation sites excluding steroid dienone is 1. The van der Waals surface area contributed by atoms with Crippen LogP contribution in [-0.2, 0) is 6.54 Å². The van der Waals surface area contributed by atoms with Crippen LogP contribution in [0.15, 0.2) is 48.9 Å². The Bertz CT molecular complexity index is 1170. The fraction of sp³-hybridized carbons (Fsp3) is 0.158. The number of nitriles is 1. The lowest BCUT2D eigenvalue weighted by Crippen LogP contribution is -1.96. The molecule has 2 N–H and O–H groups in total. The highest BCUT2D eigenvalue weighted by molar-refractivity contribution is 5.74. The van der Waals surface area contributed by atoms with Crippen molar-refractivity contribution in [1.82, 2.24) is 40.2 Å². The molecule has 144 valence electrons. The molecule has 3 heterocycles. The Balaban J connectivity index is 1.51. The van der Waals surface area contributed by atoms with Gasteiger partial charge < -0.3 is 5.32 Å². The van der Waals surface area contributed by atoms with Crippen molar-refractivity contribution in [3.63, 3.8) is 0 Å². The average Bonchev–Trinajstić information content (AvgIpc) is 3.50. The van der Waals surface area contributed by atoms with Crippen molar-refractivity contribution in [2.75, 3.05) is 5.32 Å². The molecule has 0 amide bonds. The van der Waals surface area contributed by atoms with E-state index >= 15 is 0 Å². The van der Waals surface area contributed by atoms with Crippen LogP contribution in [0.4, 0.5) is 5.69 Å². The predicted octanol–water partition coefficient (Wildman–Crippen LogP) is 2.55. The van der Waals surface area contributed by atoms with Crippen LogP contribution < -0.4 is 5.32 Å². The van der Waals surface area contributed by atoms with E-state index in [1.165, 1.54) is 0 Å². The number of hydrogen-bond acceptors (Lipinski definition) is 7. The molecule has 29 heavy (non-hydrogen) atoms. The molecule has 10 nitrogen and oxygen atoms in total. The Morgan fingerprint density at radius 3 is 2.72 bits per heavy atom. The zero-order valence-electron chi connectivity index (χ0n) is 15.9. The van der Waals surface area contributed by atoms with Gasteiger partial charge in [0.15, 0.2) is 0 Å². The zero-order valence-corrected chi connectivity index (χ0v) is 15.9. The maximum Gasteiger partial charge on any atom is 0.216 e. The Hall–Kier alpha value is -4.26. The largest absolute Gasteiger partial charge is 0.360 e. The van der Waals surface area contributed by atoms with E-state index in [1.54, 1.807) is 6.20 Å². The minimum absolute atomic E-state index is 0.238. The second-order valence-electron chi connectivity index (χ2n) is 6.23. The summed E-state index contributed by atoms with van der Waals surface area (Å²) in [7, 11) is 0. The van der Waals surface area contributed by atoms with Crippen LogP contribution in [0, 0.1) is 18.3 Å². The maximum atomic E-state index is 9.20. The number of anilines is 1. The number of nitrogens with one attached hydrogen (secondary N) is 2. The summed E-state index contributed by atoms with van der Waals surface area (Å²) in [6.45, 7) is 4.87. The number of aromatic amines is 1. The van der Waals surface area contributed by atoms with Crippen LogP contribution >= 0.6 is 0 Å². The summed E-state index contributed by atoms with van der Waals surface area (Å²) in [4.78, 5) is 0. The van der Waals surface area contributed by atoms with Gasteiger partial charge >= 0.3 is 0 Å². The smallest absolute Gasteiger partial charge is 0.216 e. The van der Waals surface area contributed by atoms with E-state index in [0.29, 0.717) is 0 Å². The first-order chi connectivity index (χ1) is 14.2. The number of nitrogens with zero attached hydrogens (tertiary/aromatic N) is 8. The van der Waals surface area contributed by atoms with E-state index in [2.05, 4.69) is 43.1 Å². The van der Waals surface area contributed by atoms with Gasteiger partial charge in [0.25, 0.3) is 0 Å². The predicted molar refractivity (Wildman–Crippen MR) is 107 cm³/mol. The summed E-state index contributed by atoms with van der Waals surface area (Å²) in [5.74, 6) is 0.238. The highest BCUT2D eigenvalue weighted by Gasteiger charge is 2.10. The molecule has 0 radical (unpaired) electrons. The van der Waals surface area contributed by atoms with E-state index in [1.807, 2.05) is 65.1 Å². The van der Waals surface area contributed by atoms with Gasteiger partial charge in [-0.2, -0.15) is 20.7 Å². The SMILES string of the molecule is CCn1cc(-c2ccn(-c3ccc(NC=C(C#N)c4nn[nH]n4)cc3)n2)c(C)n1. The van der Waals surface area contributed by atoms with Gasteiger partial charge in [-0.1, -0.05) is 0 Å². The summed E-state index contributed by atoms with van der Waals surface area (Å²) >= 11 is 0. The van der Waals surface area contributed by atoms with Gasteiger partial charge in [-0.25, -0.2) is 4.68 Å². The van der Waals surface area contributed by atoms with Gasteiger partial charge in [-0.3, -0.25) is 4.68 Å². The lowest BCUT2D eigenvalue weighted by atomic mass is 10.2. The van der Waals surface area contributed by atoms with Gasteiger partial charge in [0.05, 0.1) is 17.1 Å². The van der Waals surface area contributed by atoms with Crippen molar-refractivity contribution in [3.8, 4) is 23.0 Å². The van der Waals surface area contributed by atoms with E-state index in [4.69, 9.17) is 0 Å². The van der Waals surface area contributed by atoms with Crippen LogP contribution in [0.5, 0.6) is 0 Å². The van der Waals surface area contributed by atoms with Crippen molar-refractivity contribution in [2.24, 2.45) is 0 Å². The fourth-order valence-corrected chi connectivity index (χ4v) is 2.83. The van der Waals surface area contributed by atoms with Gasteiger partial charge in [-0.05, 0) is 49.4 Å². The molecule has 0 aliphatic heterocycles. The summed E-state index contributed by atoms with van der Waals surface area (Å²) in [5, 5.41) is 34.8. The fourth-order valence-electron chi connectivity index (χ4n) is 2.83. The molecule has 0 aliphatic rings. The van der Waals surface area contributed by atoms with Crippen molar-refractivity contribution in [1.29, 1.82) is 5.26 Å². The van der Waals surface area contributed by atoms with Gasteiger partial charge in [-0.15, -0.1) is 10.2 Å². The molecule has 0 spiro atoms. The quantitative estimate of drug-likeness (QED) is 0.488. The molecule has 0 atom stereocenters. The van der Waals surface area contributed by atoms with Crippen molar-refractivity contribution in [2.45, 2.75) is 20.4 Å². The van der Waals surface area contributed by atoms with E-state index in [-0.39, 0.29) is 11.4 Å². The first-order valence-corrected chi connectivity index (χ1v) is 8.99. The molecular weight excluding hydrogens is 368 g/mol. The Morgan fingerprint density at radius 2 is 2.07 bits per heavy atom. The third-order valence-electron chi connectivity index (χ3n) is 4.36. The number of rotatable bonds is 6. The molecule has 4 aromatic rings. The standard InChI is InChI=1S/C19H18N10/c1-3-28-12-17(13(2)24-28)18-8-9-29(25-18)16-6-4-15(5-7-16)21-11-14(10-20)19-22-26-27-23-19/h4-9,11-12,21H,3H2,1-2H3,(H,22,23,26,27). The number of hydrogen-bond donors (Lipinski definition) is 2. The lowest BCUT2D eigenvalue weighted by Gasteiger charge is -2.04. The van der Waals surface area contributed by atoms with Crippen LogP contribution in [0.3, 0.4) is 0 Å². The summed E-state index contributed by atoms with van der Waals surface area (Å²) in [6.07, 6.45) is 5.47. The summed E-state index contributed by atoms with van der Waals surface area (Å²) in [5.41, 5.74) is 4.88. The monoisotopic (exact) mass is 386 g/mol. The molecule has 0 aliphatic carbocycles. The average molecular weight is 386 g/mol. The highest BCUT2D eigenvalue weighted by Crippen LogP contribution is 2.22. The first-order valence-electron chi connectivity index (χ1n) is 8.99. The van der Waals surface area contributed by atoms with Crippen LogP contribution in [0.2, 0.25) is 0 Å². The molecule has 0 unspecified atom stereocenters. The van der Waals surface area contributed by atoms with Gasteiger partial charge in [0, 0.05) is 36.4 Å². The topological polar surface area (TPSA) is 126 Å². The number of aryl methyl sites for hydroxylation is 2. The minimum atomic E-state index is 0.238. The molecule has 10 heteroatoms. The molecule has 4 rings (SSSR count). The van der Waals surface area contributed by atoms with Crippen molar-refractivity contribution >= 4 is 11.3 Å². The molecule has 3 aromatic heterocycles. The number of aromatic nitrogens is 8. The van der Waals surface area contributed by atoms with Crippen LogP contribution in [-0.4, -0.2) is 40.2 Å². The molecule has 0 saturated heterocycles. The molecular formula is C19H18N10. The Morgan fingerprint density at radius 1 is 1.24 bits per heavy atom. The van der Waals surface area contributed by atoms with Crippen LogP contribution in [0.25, 0.3) is 22.5 Å². The normalized spacial score (nSPS) is 11.4. The van der Waals surface area contributed by atoms with E-state index in [9.17, 15) is 5.26 Å². The van der Waals surface area contributed by atoms with Crippen molar-refractivity contribution in [3.05, 3.63) is 60.4 Å². The third-order valence-corrected chi connectivity index (χ3v) is 4.36. The first kappa shape index (κ1) is 18.1. The van der Waals surface area contributed by atoms with E-state index < -0.39 is 0 Å². The number of tetrazole rings is 1. The molecule has 0 saturated carbocycles. The zero-order chi connectivity index (χ0) is 20.2. The van der Waals surface area contributed by atoms with Crippen molar-refractivity contribution < 1.29 is 0 Å². The second-order valence-corrected chi connectivity index (χ2v) is 6.23. The molecule has 0 bridgehead atoms. The Labute approximate surface area is 166 Å². The molecule has 0 fully saturated rings. The summed E-state index contributed by atoms with van der Waals surface area (Å²) in [6, 6.07) is 11.7. The van der Waals surface area contributed by atoms with Gasteiger partial charge in [0.2, 0.25) is 5.82 Å². The highest BCUT2D eigenvalue weighted by atomic mass is 15.5. The van der Waals surface area contributed by atoms with E-state index in [0.717, 1.165) is 34.9 Å². The summed E-state index contributed by atoms with van der Waals surface area (Å²) < 4.78 is 3.72. The maximum absolute atomic E-state index is 9.20. The third kappa shape index (κ3) is 3.74. The number of benzene rings is 1. The lowest BCUT2D eigenvalue weighted by molar-refractivity contribution is 0.653. The Kier molecular flexibility index (Phi) is 4.86. The second kappa shape index (κ2) is 7.77.